The Labute approximate surface area is 85.6 Å². The Bertz CT molecular complexity index is 77.6. The molecule has 6 nitrogen and oxygen atoms in total. The van der Waals surface area contributed by atoms with E-state index in [0.717, 1.165) is 6.92 Å². The molecular weight excluding hydrogens is 245 g/mol. The van der Waals surface area contributed by atoms with Crippen LogP contribution < -0.4 is 5.11 Å². The quantitative estimate of drug-likeness (QED) is 0.284. The third kappa shape index (κ3) is 113000. The third-order valence-corrected chi connectivity index (χ3v) is 0. The van der Waals surface area contributed by atoms with E-state index in [1.54, 1.807) is 0 Å². The Morgan fingerprint density at radius 1 is 1.40 bits per heavy atom. The number of nitrogens with zero attached hydrogens (tertiary/aromatic N) is 1. The maximum Gasteiger partial charge on any atom is 3.00 e. The fourth-order valence-corrected chi connectivity index (χ4v) is 0. The Kier molecular flexibility index (Phi) is 36.0. The molecule has 0 bridgehead atoms. The van der Waals surface area contributed by atoms with Crippen molar-refractivity contribution in [1.82, 2.24) is 0 Å². The summed E-state index contributed by atoms with van der Waals surface area (Å²) in [6.07, 6.45) is 0. The first-order chi connectivity index (χ1) is 3.46. The molecule has 10 heavy (non-hydrogen) atoms. The largest absolute Gasteiger partial charge is 3.00 e. The van der Waals surface area contributed by atoms with Gasteiger partial charge in [0, 0.05) is 5.97 Å². The van der Waals surface area contributed by atoms with Crippen LogP contribution >= 0.6 is 0 Å². The molecule has 0 saturated carbocycles. The van der Waals surface area contributed by atoms with Crippen LogP contribution in [-0.4, -0.2) is 34.1 Å². The summed E-state index contributed by atoms with van der Waals surface area (Å²) in [6, 6.07) is 0. The molecule has 0 aromatic rings. The van der Waals surface area contributed by atoms with Gasteiger partial charge in [0.2, 0.25) is 0 Å². The molecule has 0 aromatic heterocycles. The smallest absolute Gasteiger partial charge is 0.550 e. The maximum absolute atomic E-state index is 8.89. The summed E-state index contributed by atoms with van der Waals surface area (Å²) in [5, 5.41) is 23.6. The van der Waals surface area contributed by atoms with E-state index in [2.05, 4.69) is 0 Å². The first kappa shape index (κ1) is 22.5. The van der Waals surface area contributed by atoms with Gasteiger partial charge < -0.3 is 25.2 Å². The summed E-state index contributed by atoms with van der Waals surface area (Å²) in [5.74, 6) is -1.08. The summed E-state index contributed by atoms with van der Waals surface area (Å²) >= 11 is 0. The zero-order valence-electron chi connectivity index (χ0n) is 5.03. The normalized spacial score (nSPS) is 4.90. The summed E-state index contributed by atoms with van der Waals surface area (Å²) in [6.45, 7) is 0.972. The number of aliphatic carboxylic acids is 1. The van der Waals surface area contributed by atoms with Crippen LogP contribution in [0, 0.1) is 15.3 Å². The summed E-state index contributed by atoms with van der Waals surface area (Å²) in [4.78, 5) is 17.1. The molecule has 0 amide bonds. The summed E-state index contributed by atoms with van der Waals surface area (Å²) < 4.78 is 0. The van der Waals surface area contributed by atoms with Crippen LogP contribution in [0.5, 0.6) is 0 Å². The molecule has 54 valence electrons. The number of carboxylic acid groups (broad SMARTS) is 1. The van der Waals surface area contributed by atoms with Crippen molar-refractivity contribution in [3.05, 3.63) is 15.3 Å². The van der Waals surface area contributed by atoms with E-state index in [1.165, 1.54) is 0 Å². The minimum absolute atomic E-state index is 0. The molecule has 0 N–H and O–H groups in total. The zero-order chi connectivity index (χ0) is 7.15. The monoisotopic (exact) mass is 248 g/mol. The summed E-state index contributed by atoms with van der Waals surface area (Å²) in [5.41, 5.74) is 0. The number of carbonyl (C=O) groups is 1. The molecule has 0 aliphatic heterocycles. The fourth-order valence-electron chi connectivity index (χ4n) is 0. The van der Waals surface area contributed by atoms with Gasteiger partial charge in [-0.15, -0.1) is 0 Å². The third-order valence-electron chi connectivity index (χ3n) is 0. The van der Waals surface area contributed by atoms with Crippen LogP contribution in [0.2, 0.25) is 0 Å². The Morgan fingerprint density at radius 2 is 1.40 bits per heavy atom. The molecule has 0 atom stereocenters. The fraction of sp³-hybridized carbons (Fsp3) is 0.500. The number of hydrogen-bond acceptors (Lipinski definition) is 5. The zero-order valence-corrected chi connectivity index (χ0v) is 8.08. The van der Waals surface area contributed by atoms with Crippen molar-refractivity contribution in [2.45, 2.75) is 6.92 Å². The van der Waals surface area contributed by atoms with Crippen LogP contribution in [0.15, 0.2) is 0 Å². The van der Waals surface area contributed by atoms with Gasteiger partial charge in [-0.1, -0.05) is 0 Å². The number of hydrogen-bond donors (Lipinski definition) is 0. The van der Waals surface area contributed by atoms with Gasteiger partial charge in [0.15, 0.2) is 0 Å². The summed E-state index contributed by atoms with van der Waals surface area (Å²) in [7, 11) is 0. The molecule has 0 heterocycles. The Morgan fingerprint density at radius 3 is 1.40 bits per heavy atom. The van der Waals surface area contributed by atoms with Crippen molar-refractivity contribution in [2.75, 3.05) is 0 Å². The Hall–Kier alpha value is 0.0596. The van der Waals surface area contributed by atoms with Crippen molar-refractivity contribution in [2.24, 2.45) is 0 Å². The van der Waals surface area contributed by atoms with Crippen LogP contribution in [0.3, 0.4) is 0 Å². The molecular formula is C2H3MgNO5Rh+3. The maximum atomic E-state index is 8.89. The van der Waals surface area contributed by atoms with E-state index in [4.69, 9.17) is 25.2 Å². The van der Waals surface area contributed by atoms with E-state index in [9.17, 15) is 0 Å². The van der Waals surface area contributed by atoms with Crippen LogP contribution in [0.25, 0.3) is 0 Å². The molecule has 0 aliphatic rings. The number of rotatable bonds is 0. The van der Waals surface area contributed by atoms with Crippen LogP contribution in [0.1, 0.15) is 6.92 Å². The van der Waals surface area contributed by atoms with Gasteiger partial charge in [-0.3, -0.25) is 0 Å². The number of carboxylic acids is 1. The molecule has 0 spiro atoms. The number of carbonyl (C=O) groups excluding carboxylic acids is 1. The van der Waals surface area contributed by atoms with E-state index in [-0.39, 0.29) is 42.5 Å². The molecule has 8 heteroatoms. The van der Waals surface area contributed by atoms with Crippen LogP contribution in [0.4, 0.5) is 0 Å². The van der Waals surface area contributed by atoms with Gasteiger partial charge in [0.25, 0.3) is 0 Å². The SMILES string of the molecule is CC(=O)[O-].O=[N+]([O-])[O-].[Mg+2].[Rh+3]. The van der Waals surface area contributed by atoms with Crippen molar-refractivity contribution >= 4 is 29.0 Å². The molecule has 0 unspecified atom stereocenters. The predicted molar refractivity (Wildman–Crippen MR) is 26.8 cm³/mol. The van der Waals surface area contributed by atoms with E-state index < -0.39 is 11.1 Å². The topological polar surface area (TPSA) is 106 Å². The van der Waals surface area contributed by atoms with E-state index >= 15 is 0 Å². The molecule has 0 saturated heterocycles. The minimum atomic E-state index is -1.75. The van der Waals surface area contributed by atoms with E-state index in [1.807, 2.05) is 0 Å². The molecule has 0 fully saturated rings. The average molecular weight is 248 g/mol. The predicted octanol–water partition coefficient (Wildman–Crippen LogP) is -1.87. The van der Waals surface area contributed by atoms with Gasteiger partial charge in [0.05, 0.1) is 5.09 Å². The molecule has 0 aliphatic carbocycles. The minimum Gasteiger partial charge on any atom is -0.550 e. The van der Waals surface area contributed by atoms with Gasteiger partial charge in [-0.25, -0.2) is 0 Å². The molecule has 0 radical (unpaired) electrons. The van der Waals surface area contributed by atoms with Crippen molar-refractivity contribution in [3.8, 4) is 0 Å². The Balaban J connectivity index is -0.0000000300. The van der Waals surface area contributed by atoms with Crippen LogP contribution in [-0.2, 0) is 24.3 Å². The van der Waals surface area contributed by atoms with Crippen molar-refractivity contribution in [1.29, 1.82) is 0 Å². The van der Waals surface area contributed by atoms with Gasteiger partial charge in [0.1, 0.15) is 0 Å². The standard InChI is InChI=1S/C2H4O2.Mg.NO3.Rh/c1-2(3)4;;2-1(3)4;/h1H3,(H,3,4);;;/q;+2;-1;+3/p-1. The second kappa shape index (κ2) is 16.0. The first-order valence-corrected chi connectivity index (χ1v) is 1.46. The van der Waals surface area contributed by atoms with Gasteiger partial charge >= 0.3 is 42.5 Å². The van der Waals surface area contributed by atoms with E-state index in [0.29, 0.717) is 0 Å². The molecule has 0 aromatic carbocycles. The van der Waals surface area contributed by atoms with Gasteiger partial charge in [-0.05, 0) is 6.92 Å². The average Bonchev–Trinajstić information content (AvgIpc) is 1.25. The van der Waals surface area contributed by atoms with Crippen molar-refractivity contribution < 1.29 is 34.5 Å². The second-order valence-corrected chi connectivity index (χ2v) is 0.715. The second-order valence-electron chi connectivity index (χ2n) is 0.715. The molecule has 0 rings (SSSR count). The van der Waals surface area contributed by atoms with Crippen molar-refractivity contribution in [3.63, 3.8) is 0 Å². The van der Waals surface area contributed by atoms with Gasteiger partial charge in [-0.2, -0.15) is 0 Å². The first-order valence-electron chi connectivity index (χ1n) is 1.46.